The monoisotopic (exact) mass is 382 g/mol. The zero-order chi connectivity index (χ0) is 18.6. The van der Waals surface area contributed by atoms with E-state index in [9.17, 15) is 0 Å². The lowest BCUT2D eigenvalue weighted by Crippen LogP contribution is -2.39. The van der Waals surface area contributed by atoms with Gasteiger partial charge in [0.1, 0.15) is 5.76 Å². The van der Waals surface area contributed by atoms with Gasteiger partial charge in [-0.15, -0.1) is 11.3 Å². The van der Waals surface area contributed by atoms with E-state index in [1.807, 2.05) is 13.0 Å². The fraction of sp³-hybridized carbons (Fsp3) is 0.409. The Morgan fingerprint density at radius 3 is 2.85 bits per heavy atom. The summed E-state index contributed by atoms with van der Waals surface area (Å²) in [5.74, 6) is 1.68. The van der Waals surface area contributed by atoms with Crippen LogP contribution in [0, 0.1) is 13.8 Å². The van der Waals surface area contributed by atoms with Crippen molar-refractivity contribution in [3.8, 4) is 10.8 Å². The van der Waals surface area contributed by atoms with E-state index in [1.165, 1.54) is 11.1 Å². The van der Waals surface area contributed by atoms with Gasteiger partial charge in [-0.3, -0.25) is 4.90 Å². The van der Waals surface area contributed by atoms with Gasteiger partial charge in [0.25, 0.3) is 0 Å². The molecule has 4 rings (SSSR count). The van der Waals surface area contributed by atoms with E-state index in [2.05, 4.69) is 47.5 Å². The summed E-state index contributed by atoms with van der Waals surface area (Å²) in [6.45, 7) is 7.67. The Bertz CT molecular complexity index is 872. The summed E-state index contributed by atoms with van der Waals surface area (Å²) < 4.78 is 12.1. The van der Waals surface area contributed by atoms with Crippen molar-refractivity contribution in [2.75, 3.05) is 13.1 Å². The molecule has 142 valence electrons. The lowest BCUT2D eigenvalue weighted by molar-refractivity contribution is -0.0123. The molecule has 0 amide bonds. The van der Waals surface area contributed by atoms with E-state index in [1.54, 1.807) is 11.3 Å². The van der Waals surface area contributed by atoms with E-state index in [0.717, 1.165) is 54.7 Å². The topological polar surface area (TPSA) is 38.5 Å². The molecule has 2 aromatic heterocycles. The fourth-order valence-electron chi connectivity index (χ4n) is 3.56. The van der Waals surface area contributed by atoms with Crippen molar-refractivity contribution >= 4 is 11.3 Å². The van der Waals surface area contributed by atoms with Crippen LogP contribution in [0.3, 0.4) is 0 Å². The molecule has 1 aliphatic rings. The van der Waals surface area contributed by atoms with Crippen molar-refractivity contribution in [2.45, 2.75) is 45.9 Å². The van der Waals surface area contributed by atoms with Crippen molar-refractivity contribution in [2.24, 2.45) is 0 Å². The number of hydrogen-bond acceptors (Lipinski definition) is 5. The molecule has 3 heterocycles. The summed E-state index contributed by atoms with van der Waals surface area (Å²) in [6.07, 6.45) is 2.57. The number of likely N-dealkylation sites (tertiary alicyclic amines) is 1. The number of rotatable bonds is 6. The van der Waals surface area contributed by atoms with E-state index < -0.39 is 0 Å². The molecular weight excluding hydrogens is 356 g/mol. The molecular formula is C22H26N2O2S. The van der Waals surface area contributed by atoms with Gasteiger partial charge < -0.3 is 9.15 Å². The number of ether oxygens (including phenoxy) is 1. The minimum absolute atomic E-state index is 0.283. The van der Waals surface area contributed by atoms with Gasteiger partial charge in [0.15, 0.2) is 0 Å². The van der Waals surface area contributed by atoms with Gasteiger partial charge in [-0.1, -0.05) is 30.3 Å². The predicted molar refractivity (Wildman–Crippen MR) is 109 cm³/mol. The quantitative estimate of drug-likeness (QED) is 0.587. The molecule has 0 radical (unpaired) electrons. The highest BCUT2D eigenvalue weighted by atomic mass is 32.1. The van der Waals surface area contributed by atoms with Crippen molar-refractivity contribution in [1.29, 1.82) is 0 Å². The van der Waals surface area contributed by atoms with Crippen molar-refractivity contribution in [3.05, 3.63) is 64.4 Å². The number of aryl methyl sites for hydroxylation is 2. The number of nitrogens with zero attached hydrogens (tertiary/aromatic N) is 2. The molecule has 0 spiro atoms. The first kappa shape index (κ1) is 18.4. The second-order valence-corrected chi connectivity index (χ2v) is 8.17. The summed E-state index contributed by atoms with van der Waals surface area (Å²) in [5, 5.41) is 2.09. The molecule has 1 fully saturated rings. The number of oxazole rings is 1. The summed E-state index contributed by atoms with van der Waals surface area (Å²) in [5.41, 5.74) is 3.50. The molecule has 5 heteroatoms. The first-order chi connectivity index (χ1) is 13.2. The zero-order valence-electron chi connectivity index (χ0n) is 16.0. The highest BCUT2D eigenvalue weighted by Gasteiger charge is 2.23. The Labute approximate surface area is 164 Å². The predicted octanol–water partition coefficient (Wildman–Crippen LogP) is 5.20. The third-order valence-electron chi connectivity index (χ3n) is 5.11. The molecule has 0 N–H and O–H groups in total. The van der Waals surface area contributed by atoms with Gasteiger partial charge in [0.2, 0.25) is 5.89 Å². The molecule has 1 aromatic carbocycles. The molecule has 27 heavy (non-hydrogen) atoms. The summed E-state index contributed by atoms with van der Waals surface area (Å²) >= 11 is 1.69. The van der Waals surface area contributed by atoms with Gasteiger partial charge in [-0.05, 0) is 55.8 Å². The first-order valence-electron chi connectivity index (χ1n) is 9.57. The number of aromatic nitrogens is 1. The van der Waals surface area contributed by atoms with E-state index >= 15 is 0 Å². The SMILES string of the molecule is Cc1ccsc1-c1nc(CN2CCC[C@@H](OCc3ccccc3)C2)c(C)o1. The smallest absolute Gasteiger partial charge is 0.237 e. The summed E-state index contributed by atoms with van der Waals surface area (Å²) in [4.78, 5) is 8.36. The van der Waals surface area contributed by atoms with E-state index in [4.69, 9.17) is 14.1 Å². The largest absolute Gasteiger partial charge is 0.440 e. The molecule has 1 aliphatic heterocycles. The zero-order valence-corrected chi connectivity index (χ0v) is 16.8. The number of hydrogen-bond donors (Lipinski definition) is 0. The average Bonchev–Trinajstić information content (AvgIpc) is 3.27. The first-order valence-corrected chi connectivity index (χ1v) is 10.5. The summed E-state index contributed by atoms with van der Waals surface area (Å²) in [7, 11) is 0. The van der Waals surface area contributed by atoms with Crippen LogP contribution in [-0.2, 0) is 17.9 Å². The third-order valence-corrected chi connectivity index (χ3v) is 6.12. The van der Waals surface area contributed by atoms with Gasteiger partial charge in [0.05, 0.1) is 23.3 Å². The van der Waals surface area contributed by atoms with Gasteiger partial charge in [-0.25, -0.2) is 4.98 Å². The molecule has 0 saturated carbocycles. The Morgan fingerprint density at radius 2 is 2.07 bits per heavy atom. The van der Waals surface area contributed by atoms with Crippen LogP contribution in [0.4, 0.5) is 0 Å². The fourth-order valence-corrected chi connectivity index (χ4v) is 4.41. The lowest BCUT2D eigenvalue weighted by Gasteiger charge is -2.32. The Balaban J connectivity index is 1.37. The molecule has 1 atom stereocenters. The maximum atomic E-state index is 6.16. The van der Waals surface area contributed by atoms with Crippen LogP contribution < -0.4 is 0 Å². The highest BCUT2D eigenvalue weighted by Crippen LogP contribution is 2.30. The Hall–Kier alpha value is -1.95. The third kappa shape index (κ3) is 4.49. The van der Waals surface area contributed by atoms with Crippen LogP contribution in [0.25, 0.3) is 10.8 Å². The van der Waals surface area contributed by atoms with Crippen LogP contribution in [0.2, 0.25) is 0 Å². The minimum atomic E-state index is 0.283. The van der Waals surface area contributed by atoms with Crippen molar-refractivity contribution < 1.29 is 9.15 Å². The van der Waals surface area contributed by atoms with Crippen LogP contribution in [-0.4, -0.2) is 29.1 Å². The van der Waals surface area contributed by atoms with Crippen LogP contribution >= 0.6 is 11.3 Å². The molecule has 0 bridgehead atoms. The summed E-state index contributed by atoms with van der Waals surface area (Å²) in [6, 6.07) is 12.5. The molecule has 1 saturated heterocycles. The second-order valence-electron chi connectivity index (χ2n) is 7.25. The Kier molecular flexibility index (Phi) is 5.72. The molecule has 0 unspecified atom stereocenters. The van der Waals surface area contributed by atoms with Crippen LogP contribution in [0.1, 0.15) is 35.4 Å². The van der Waals surface area contributed by atoms with Gasteiger partial charge in [-0.2, -0.15) is 0 Å². The number of thiophene rings is 1. The highest BCUT2D eigenvalue weighted by molar-refractivity contribution is 7.13. The number of benzene rings is 1. The number of piperidine rings is 1. The Morgan fingerprint density at radius 1 is 1.22 bits per heavy atom. The normalized spacial score (nSPS) is 18.1. The van der Waals surface area contributed by atoms with Crippen molar-refractivity contribution in [3.63, 3.8) is 0 Å². The standard InChI is InChI=1S/C22H26N2O2S/c1-16-10-12-27-21(16)22-23-20(17(2)26-22)14-24-11-6-9-19(13-24)25-15-18-7-4-3-5-8-18/h3-5,7-8,10,12,19H,6,9,11,13-15H2,1-2H3/t19-/m1/s1. The van der Waals surface area contributed by atoms with E-state index in [-0.39, 0.29) is 6.10 Å². The molecule has 3 aromatic rings. The van der Waals surface area contributed by atoms with Crippen LogP contribution in [0.15, 0.2) is 46.2 Å². The second kappa shape index (κ2) is 8.38. The van der Waals surface area contributed by atoms with Gasteiger partial charge >= 0.3 is 0 Å². The molecule has 4 nitrogen and oxygen atoms in total. The van der Waals surface area contributed by atoms with Crippen molar-refractivity contribution in [1.82, 2.24) is 9.88 Å². The lowest BCUT2D eigenvalue weighted by atomic mass is 10.1. The van der Waals surface area contributed by atoms with Gasteiger partial charge in [0, 0.05) is 13.1 Å². The maximum absolute atomic E-state index is 6.16. The van der Waals surface area contributed by atoms with E-state index in [0.29, 0.717) is 6.61 Å². The molecule has 0 aliphatic carbocycles. The van der Waals surface area contributed by atoms with Crippen LogP contribution in [0.5, 0.6) is 0 Å². The average molecular weight is 383 g/mol. The minimum Gasteiger partial charge on any atom is -0.440 e. The maximum Gasteiger partial charge on any atom is 0.237 e.